The van der Waals surface area contributed by atoms with Gasteiger partial charge in [-0.25, -0.2) is 0 Å². The van der Waals surface area contributed by atoms with Crippen molar-refractivity contribution < 1.29 is 9.47 Å². The highest BCUT2D eigenvalue weighted by Gasteiger charge is 2.12. The molecule has 238 valence electrons. The van der Waals surface area contributed by atoms with E-state index in [1.165, 1.54) is 0 Å². The lowest BCUT2D eigenvalue weighted by atomic mass is 10.0. The Kier molecular flexibility index (Phi) is 6.99. The topological polar surface area (TPSA) is 84.2 Å². The monoisotopic (exact) mass is 648 g/mol. The van der Waals surface area contributed by atoms with E-state index in [1.807, 2.05) is 133 Å². The number of para-hydroxylation sites is 2. The van der Waals surface area contributed by atoms with Crippen molar-refractivity contribution in [3.63, 3.8) is 0 Å². The van der Waals surface area contributed by atoms with Crippen LogP contribution in [0, 0.1) is 0 Å². The van der Waals surface area contributed by atoms with E-state index in [1.54, 1.807) is 24.3 Å². The Morgan fingerprint density at radius 3 is 1.22 bits per heavy atom. The number of hydrogen-bond acceptors (Lipinski definition) is 4. The van der Waals surface area contributed by atoms with Gasteiger partial charge >= 0.3 is 0 Å². The minimum atomic E-state index is -0.139. The molecule has 0 aliphatic heterocycles. The van der Waals surface area contributed by atoms with Crippen molar-refractivity contribution in [3.05, 3.63) is 178 Å². The smallest absolute Gasteiger partial charge is 0.190 e. The number of ether oxygens (including phenoxy) is 2. The predicted octanol–water partition coefficient (Wildman–Crippen LogP) is 10.6. The molecule has 0 saturated carbocycles. The number of nitrogens with one attached hydrogen (secondary N) is 2. The molecule has 2 heterocycles. The van der Waals surface area contributed by atoms with Crippen LogP contribution in [0.3, 0.4) is 0 Å². The first-order chi connectivity index (χ1) is 24.5. The van der Waals surface area contributed by atoms with E-state index in [2.05, 4.69) is 9.97 Å². The van der Waals surface area contributed by atoms with Crippen LogP contribution in [-0.4, -0.2) is 9.97 Å². The fraction of sp³-hybridized carbons (Fsp3) is 0. The van der Waals surface area contributed by atoms with E-state index in [9.17, 15) is 9.59 Å². The van der Waals surface area contributed by atoms with Gasteiger partial charge in [-0.05, 0) is 105 Å². The summed E-state index contributed by atoms with van der Waals surface area (Å²) in [5.41, 5.74) is 3.94. The summed E-state index contributed by atoms with van der Waals surface area (Å²) in [5.74, 6) is 2.97. The molecule has 0 amide bonds. The van der Waals surface area contributed by atoms with E-state index < -0.39 is 0 Å². The number of pyridine rings is 2. The molecule has 2 N–H and O–H groups in total. The highest BCUT2D eigenvalue weighted by Crippen LogP contribution is 2.31. The maximum Gasteiger partial charge on any atom is 0.190 e. The summed E-state index contributed by atoms with van der Waals surface area (Å²) in [7, 11) is 0. The van der Waals surface area contributed by atoms with Gasteiger partial charge in [0.05, 0.1) is 11.0 Å². The van der Waals surface area contributed by atoms with Crippen molar-refractivity contribution in [3.8, 4) is 45.5 Å². The molecule has 0 aliphatic rings. The average molecular weight is 649 g/mol. The third-order valence-corrected chi connectivity index (χ3v) is 8.98. The molecule has 0 unspecified atom stereocenters. The molecule has 9 rings (SSSR count). The van der Waals surface area contributed by atoms with Crippen molar-refractivity contribution in [1.29, 1.82) is 0 Å². The lowest BCUT2D eigenvalue weighted by molar-refractivity contribution is 0.483. The van der Waals surface area contributed by atoms with E-state index in [0.29, 0.717) is 33.2 Å². The number of H-pyrrole nitrogens is 2. The summed E-state index contributed by atoms with van der Waals surface area (Å²) in [4.78, 5) is 33.9. The molecular weight excluding hydrogens is 620 g/mol. The molecule has 0 aliphatic carbocycles. The van der Waals surface area contributed by atoms with Crippen LogP contribution in [0.1, 0.15) is 0 Å². The number of fused-ring (bicyclic) bond motifs is 4. The maximum atomic E-state index is 13.5. The summed E-state index contributed by atoms with van der Waals surface area (Å²) in [6, 6.07) is 50.0. The maximum absolute atomic E-state index is 13.5. The number of hydrogen-bond donors (Lipinski definition) is 2. The number of aromatic amines is 2. The molecule has 2 aromatic heterocycles. The van der Waals surface area contributed by atoms with Gasteiger partial charge in [0.1, 0.15) is 23.0 Å². The van der Waals surface area contributed by atoms with Crippen LogP contribution >= 0.6 is 0 Å². The molecule has 50 heavy (non-hydrogen) atoms. The summed E-state index contributed by atoms with van der Waals surface area (Å²) in [6.45, 7) is 0. The van der Waals surface area contributed by atoms with Gasteiger partial charge in [-0.15, -0.1) is 0 Å². The second kappa shape index (κ2) is 12.0. The van der Waals surface area contributed by atoms with Gasteiger partial charge < -0.3 is 19.4 Å². The van der Waals surface area contributed by atoms with Gasteiger partial charge in [0, 0.05) is 34.3 Å². The molecule has 0 radical (unpaired) electrons. The Morgan fingerprint density at radius 1 is 0.360 bits per heavy atom. The lowest BCUT2D eigenvalue weighted by Crippen LogP contribution is -2.07. The fourth-order valence-corrected chi connectivity index (χ4v) is 6.47. The normalized spacial score (nSPS) is 11.4. The van der Waals surface area contributed by atoms with E-state index in [0.717, 1.165) is 55.7 Å². The molecule has 0 fully saturated rings. The molecular formula is C44H28N2O4. The summed E-state index contributed by atoms with van der Waals surface area (Å²) in [5, 5.41) is 5.06. The SMILES string of the molecule is O=c1cc(-c2ccc3ccc(Oc4ccccc4)cc3c2)[nH]c2cc3c(=O)cc(-c4ccc5ccc(Oc6ccccc6)cc5c4)[nH]c3cc12. The van der Waals surface area contributed by atoms with Gasteiger partial charge in [-0.2, -0.15) is 0 Å². The molecule has 0 saturated heterocycles. The van der Waals surface area contributed by atoms with Crippen LogP contribution < -0.4 is 20.3 Å². The van der Waals surface area contributed by atoms with Crippen LogP contribution in [0.4, 0.5) is 0 Å². The zero-order valence-electron chi connectivity index (χ0n) is 26.6. The van der Waals surface area contributed by atoms with E-state index in [-0.39, 0.29) is 10.9 Å². The van der Waals surface area contributed by atoms with E-state index >= 15 is 0 Å². The molecule has 6 nitrogen and oxygen atoms in total. The zero-order chi connectivity index (χ0) is 33.6. The Bertz CT molecular complexity index is 2660. The van der Waals surface area contributed by atoms with Gasteiger partial charge in [0.15, 0.2) is 10.9 Å². The Labute approximate surface area is 285 Å². The van der Waals surface area contributed by atoms with Gasteiger partial charge in [0.2, 0.25) is 0 Å². The van der Waals surface area contributed by atoms with Crippen LogP contribution in [-0.2, 0) is 0 Å². The van der Waals surface area contributed by atoms with Crippen LogP contribution in [0.25, 0.3) is 65.9 Å². The average Bonchev–Trinajstić information content (AvgIpc) is 3.14. The van der Waals surface area contributed by atoms with Crippen molar-refractivity contribution in [2.45, 2.75) is 0 Å². The molecule has 0 atom stereocenters. The molecule has 6 heteroatoms. The van der Waals surface area contributed by atoms with Gasteiger partial charge in [0.25, 0.3) is 0 Å². The quantitative estimate of drug-likeness (QED) is 0.176. The number of rotatable bonds is 6. The Balaban J connectivity index is 1.06. The first-order valence-electron chi connectivity index (χ1n) is 16.3. The highest BCUT2D eigenvalue weighted by atomic mass is 16.5. The summed E-state index contributed by atoms with van der Waals surface area (Å²) in [6.07, 6.45) is 0. The third-order valence-electron chi connectivity index (χ3n) is 8.98. The van der Waals surface area contributed by atoms with Crippen LogP contribution in [0.15, 0.2) is 167 Å². The Hall–Kier alpha value is -6.92. The second-order valence-corrected chi connectivity index (χ2v) is 12.3. The van der Waals surface area contributed by atoms with Gasteiger partial charge in [-0.1, -0.05) is 72.8 Å². The van der Waals surface area contributed by atoms with E-state index in [4.69, 9.17) is 9.47 Å². The van der Waals surface area contributed by atoms with Crippen molar-refractivity contribution in [2.24, 2.45) is 0 Å². The molecule has 0 spiro atoms. The molecule has 9 aromatic rings. The first-order valence-corrected chi connectivity index (χ1v) is 16.3. The van der Waals surface area contributed by atoms with Crippen molar-refractivity contribution >= 4 is 43.4 Å². The van der Waals surface area contributed by atoms with Crippen LogP contribution in [0.2, 0.25) is 0 Å². The zero-order valence-corrected chi connectivity index (χ0v) is 26.6. The summed E-state index contributed by atoms with van der Waals surface area (Å²) < 4.78 is 12.1. The first kappa shape index (κ1) is 29.2. The van der Waals surface area contributed by atoms with Crippen LogP contribution in [0.5, 0.6) is 23.0 Å². The van der Waals surface area contributed by atoms with Crippen molar-refractivity contribution in [1.82, 2.24) is 9.97 Å². The highest BCUT2D eigenvalue weighted by molar-refractivity contribution is 5.97. The Morgan fingerprint density at radius 2 is 0.780 bits per heavy atom. The lowest BCUT2D eigenvalue weighted by Gasteiger charge is -2.11. The minimum Gasteiger partial charge on any atom is -0.457 e. The molecule has 7 aromatic carbocycles. The molecule has 0 bridgehead atoms. The van der Waals surface area contributed by atoms with Crippen molar-refractivity contribution in [2.75, 3.05) is 0 Å². The van der Waals surface area contributed by atoms with Gasteiger partial charge in [-0.3, -0.25) is 9.59 Å². The second-order valence-electron chi connectivity index (χ2n) is 12.3. The standard InChI is InChI=1S/C44H28N2O4/c47-43-25-39(29-13-11-27-15-17-35(21-31(27)19-29)49-33-7-3-1-4-8-33)45-41-23-38-42(24-37(41)43)46-40(26-44(38)48)30-14-12-28-16-18-36(22-32(28)20-30)50-34-9-5-2-6-10-34/h1-26H,(H,45,47)(H,46,48). The third kappa shape index (κ3) is 5.55. The summed E-state index contributed by atoms with van der Waals surface area (Å²) >= 11 is 0. The minimum absolute atomic E-state index is 0.139. The predicted molar refractivity (Wildman–Crippen MR) is 202 cm³/mol. The largest absolute Gasteiger partial charge is 0.457 e. The number of benzene rings is 7. The fourth-order valence-electron chi connectivity index (χ4n) is 6.47. The number of aromatic nitrogens is 2.